The fourth-order valence-corrected chi connectivity index (χ4v) is 3.05. The molecule has 0 radical (unpaired) electrons. The molecule has 0 aromatic heterocycles. The van der Waals surface area contributed by atoms with Gasteiger partial charge in [0, 0.05) is 24.9 Å². The van der Waals surface area contributed by atoms with Gasteiger partial charge in [-0.3, -0.25) is 4.79 Å². The number of fused-ring (bicyclic) bond motifs is 1. The lowest BCUT2D eigenvalue weighted by atomic mass is 10.0. The Morgan fingerprint density at radius 1 is 1.12 bits per heavy atom. The molecule has 5 heteroatoms. The molecule has 0 saturated heterocycles. The highest BCUT2D eigenvalue weighted by molar-refractivity contribution is 6.01. The smallest absolute Gasteiger partial charge is 0.257 e. The average molecular weight is 354 g/mol. The van der Waals surface area contributed by atoms with Gasteiger partial charge in [0.15, 0.2) is 0 Å². The molecule has 1 atom stereocenters. The highest BCUT2D eigenvalue weighted by Gasteiger charge is 2.33. The molecule has 2 aromatic carbocycles. The molecule has 0 saturated carbocycles. The van der Waals surface area contributed by atoms with Crippen molar-refractivity contribution >= 4 is 11.6 Å². The molecule has 1 amide bonds. The van der Waals surface area contributed by atoms with Gasteiger partial charge in [-0.05, 0) is 24.1 Å². The minimum absolute atomic E-state index is 0.0000580. The molecular formula is C21H26N2O3. The van der Waals surface area contributed by atoms with E-state index in [0.717, 1.165) is 17.0 Å². The molecule has 0 aliphatic carbocycles. The van der Waals surface area contributed by atoms with Crippen LogP contribution in [-0.2, 0) is 4.74 Å². The minimum Gasteiger partial charge on any atom is -0.493 e. The predicted octanol–water partition coefficient (Wildman–Crippen LogP) is 3.93. The first-order valence-electron chi connectivity index (χ1n) is 8.99. The zero-order valence-corrected chi connectivity index (χ0v) is 15.6. The van der Waals surface area contributed by atoms with Crippen molar-refractivity contribution in [2.24, 2.45) is 5.92 Å². The molecule has 1 aliphatic heterocycles. The SMILES string of the molecule is COCCN1C(=O)c2ccccc2NC1c1ccccc1OCC(C)C. The van der Waals surface area contributed by atoms with Gasteiger partial charge in [-0.15, -0.1) is 0 Å². The van der Waals surface area contributed by atoms with Crippen LogP contribution in [0.4, 0.5) is 5.69 Å². The maximum absolute atomic E-state index is 13.1. The summed E-state index contributed by atoms with van der Waals surface area (Å²) in [5, 5.41) is 3.50. The number of hydrogen-bond acceptors (Lipinski definition) is 4. The lowest BCUT2D eigenvalue weighted by Crippen LogP contribution is -2.44. The molecule has 1 unspecified atom stereocenters. The van der Waals surface area contributed by atoms with Crippen LogP contribution in [0.25, 0.3) is 0 Å². The highest BCUT2D eigenvalue weighted by atomic mass is 16.5. The first-order chi connectivity index (χ1) is 12.6. The quantitative estimate of drug-likeness (QED) is 0.818. The number of nitrogens with zero attached hydrogens (tertiary/aromatic N) is 1. The summed E-state index contributed by atoms with van der Waals surface area (Å²) in [5.41, 5.74) is 2.47. The normalized spacial score (nSPS) is 16.4. The molecule has 26 heavy (non-hydrogen) atoms. The Morgan fingerprint density at radius 2 is 1.85 bits per heavy atom. The number of benzene rings is 2. The van der Waals surface area contributed by atoms with Crippen molar-refractivity contribution in [2.45, 2.75) is 20.0 Å². The monoisotopic (exact) mass is 354 g/mol. The molecular weight excluding hydrogens is 328 g/mol. The van der Waals surface area contributed by atoms with Crippen LogP contribution in [-0.4, -0.2) is 37.7 Å². The number of hydrogen-bond donors (Lipinski definition) is 1. The number of carbonyl (C=O) groups excluding carboxylic acids is 1. The molecule has 138 valence electrons. The topological polar surface area (TPSA) is 50.8 Å². The third-order valence-electron chi connectivity index (χ3n) is 4.34. The van der Waals surface area contributed by atoms with E-state index in [1.54, 1.807) is 7.11 Å². The number of rotatable bonds is 7. The van der Waals surface area contributed by atoms with Crippen molar-refractivity contribution in [3.63, 3.8) is 0 Å². The summed E-state index contributed by atoms with van der Waals surface area (Å²) in [7, 11) is 1.64. The predicted molar refractivity (Wildman–Crippen MR) is 102 cm³/mol. The van der Waals surface area contributed by atoms with Crippen LogP contribution in [0.15, 0.2) is 48.5 Å². The Morgan fingerprint density at radius 3 is 2.62 bits per heavy atom. The molecule has 5 nitrogen and oxygen atoms in total. The van der Waals surface area contributed by atoms with Crippen molar-refractivity contribution < 1.29 is 14.3 Å². The van der Waals surface area contributed by atoms with Gasteiger partial charge in [0.2, 0.25) is 0 Å². The molecule has 3 rings (SSSR count). The van der Waals surface area contributed by atoms with E-state index in [0.29, 0.717) is 31.2 Å². The zero-order chi connectivity index (χ0) is 18.5. The van der Waals surface area contributed by atoms with Crippen LogP contribution in [0.2, 0.25) is 0 Å². The third kappa shape index (κ3) is 3.83. The second-order valence-electron chi connectivity index (χ2n) is 6.83. The maximum atomic E-state index is 13.1. The van der Waals surface area contributed by atoms with Gasteiger partial charge < -0.3 is 19.7 Å². The van der Waals surface area contributed by atoms with E-state index in [9.17, 15) is 4.79 Å². The largest absolute Gasteiger partial charge is 0.493 e. The van der Waals surface area contributed by atoms with E-state index in [-0.39, 0.29) is 12.1 Å². The van der Waals surface area contributed by atoms with Crippen molar-refractivity contribution in [2.75, 3.05) is 32.2 Å². The van der Waals surface area contributed by atoms with Crippen LogP contribution in [0.3, 0.4) is 0 Å². The number of nitrogens with one attached hydrogen (secondary N) is 1. The second kappa shape index (κ2) is 8.23. The average Bonchev–Trinajstić information content (AvgIpc) is 2.66. The van der Waals surface area contributed by atoms with Gasteiger partial charge in [-0.25, -0.2) is 0 Å². The van der Waals surface area contributed by atoms with E-state index >= 15 is 0 Å². The first kappa shape index (κ1) is 18.3. The Hall–Kier alpha value is -2.53. The summed E-state index contributed by atoms with van der Waals surface area (Å²) in [5.74, 6) is 1.22. The molecule has 0 bridgehead atoms. The maximum Gasteiger partial charge on any atom is 0.257 e. The molecule has 2 aromatic rings. The molecule has 0 spiro atoms. The van der Waals surface area contributed by atoms with Gasteiger partial charge in [0.1, 0.15) is 11.9 Å². The van der Waals surface area contributed by atoms with Gasteiger partial charge in [-0.2, -0.15) is 0 Å². The van der Waals surface area contributed by atoms with E-state index in [1.165, 1.54) is 0 Å². The summed E-state index contributed by atoms with van der Waals surface area (Å²) in [6.07, 6.45) is -0.295. The van der Waals surface area contributed by atoms with Crippen molar-refractivity contribution in [1.82, 2.24) is 4.90 Å². The first-order valence-corrected chi connectivity index (χ1v) is 8.99. The Bertz CT molecular complexity index is 760. The van der Waals surface area contributed by atoms with Gasteiger partial charge in [-0.1, -0.05) is 44.2 Å². The molecule has 1 heterocycles. The highest BCUT2D eigenvalue weighted by Crippen LogP contribution is 2.36. The Labute approximate surface area is 154 Å². The molecule has 1 aliphatic rings. The lowest BCUT2D eigenvalue weighted by molar-refractivity contribution is 0.0606. The van der Waals surface area contributed by atoms with Gasteiger partial charge in [0.05, 0.1) is 18.8 Å². The Balaban J connectivity index is 1.97. The number of carbonyl (C=O) groups is 1. The van der Waals surface area contributed by atoms with Crippen LogP contribution in [0, 0.1) is 5.92 Å². The van der Waals surface area contributed by atoms with Crippen LogP contribution in [0.5, 0.6) is 5.75 Å². The number of anilines is 1. The third-order valence-corrected chi connectivity index (χ3v) is 4.34. The van der Waals surface area contributed by atoms with Crippen LogP contribution >= 0.6 is 0 Å². The van der Waals surface area contributed by atoms with E-state index in [2.05, 4.69) is 19.2 Å². The van der Waals surface area contributed by atoms with E-state index < -0.39 is 0 Å². The number of ether oxygens (including phenoxy) is 2. The van der Waals surface area contributed by atoms with Crippen molar-refractivity contribution in [3.05, 3.63) is 59.7 Å². The van der Waals surface area contributed by atoms with Crippen molar-refractivity contribution in [1.29, 1.82) is 0 Å². The fourth-order valence-electron chi connectivity index (χ4n) is 3.05. The van der Waals surface area contributed by atoms with Crippen LogP contribution in [0.1, 0.15) is 35.9 Å². The second-order valence-corrected chi connectivity index (χ2v) is 6.83. The van der Waals surface area contributed by atoms with Crippen LogP contribution < -0.4 is 10.1 Å². The van der Waals surface area contributed by atoms with E-state index in [1.807, 2.05) is 53.4 Å². The van der Waals surface area contributed by atoms with Gasteiger partial charge in [0.25, 0.3) is 5.91 Å². The van der Waals surface area contributed by atoms with Crippen molar-refractivity contribution in [3.8, 4) is 5.75 Å². The standard InChI is InChI=1S/C21H26N2O3/c1-15(2)14-26-19-11-7-5-9-17(19)20-22-18-10-6-4-8-16(18)21(24)23(20)12-13-25-3/h4-11,15,20,22H,12-14H2,1-3H3. The number of methoxy groups -OCH3 is 1. The van der Waals surface area contributed by atoms with Gasteiger partial charge >= 0.3 is 0 Å². The number of para-hydroxylation sites is 2. The zero-order valence-electron chi connectivity index (χ0n) is 15.6. The minimum atomic E-state index is -0.295. The van der Waals surface area contributed by atoms with E-state index in [4.69, 9.17) is 9.47 Å². The summed E-state index contributed by atoms with van der Waals surface area (Å²) in [4.78, 5) is 14.9. The summed E-state index contributed by atoms with van der Waals surface area (Å²) >= 11 is 0. The fraction of sp³-hybridized carbons (Fsp3) is 0.381. The Kier molecular flexibility index (Phi) is 5.78. The molecule has 1 N–H and O–H groups in total. The summed E-state index contributed by atoms with van der Waals surface area (Å²) in [6.45, 7) is 5.84. The molecule has 0 fully saturated rings. The number of amides is 1. The lowest BCUT2D eigenvalue weighted by Gasteiger charge is -2.38. The summed E-state index contributed by atoms with van der Waals surface area (Å²) < 4.78 is 11.2. The summed E-state index contributed by atoms with van der Waals surface area (Å²) in [6, 6.07) is 15.5.